The summed E-state index contributed by atoms with van der Waals surface area (Å²) in [6, 6.07) is 8.73. The molecule has 0 saturated carbocycles. The van der Waals surface area contributed by atoms with Crippen LogP contribution in [0.15, 0.2) is 29.3 Å². The van der Waals surface area contributed by atoms with Crippen molar-refractivity contribution in [3.63, 3.8) is 0 Å². The molecule has 2 aromatic rings. The van der Waals surface area contributed by atoms with E-state index < -0.39 is 0 Å². The van der Waals surface area contributed by atoms with Crippen molar-refractivity contribution >= 4 is 35.6 Å². The number of nitrogens with one attached hydrogen (secondary N) is 1. The van der Waals surface area contributed by atoms with Gasteiger partial charge in [0, 0.05) is 58.7 Å². The Bertz CT molecular complexity index is 831. The number of aliphatic imine (C=N–C) groups is 1. The molecule has 0 amide bonds. The number of aryl methyl sites for hydroxylation is 2. The minimum atomic E-state index is 0. The minimum absolute atomic E-state index is 0. The van der Waals surface area contributed by atoms with Gasteiger partial charge in [-0.05, 0) is 44.9 Å². The second-order valence-corrected chi connectivity index (χ2v) is 7.65. The molecule has 9 heteroatoms. The Morgan fingerprint density at radius 1 is 1.16 bits per heavy atom. The van der Waals surface area contributed by atoms with Gasteiger partial charge < -0.3 is 24.4 Å². The third kappa shape index (κ3) is 7.34. The second-order valence-electron chi connectivity index (χ2n) is 7.65. The van der Waals surface area contributed by atoms with Gasteiger partial charge >= 0.3 is 0 Å². The lowest BCUT2D eigenvalue weighted by atomic mass is 10.2. The van der Waals surface area contributed by atoms with Crippen molar-refractivity contribution in [1.29, 1.82) is 0 Å². The van der Waals surface area contributed by atoms with Gasteiger partial charge in [-0.3, -0.25) is 0 Å². The Morgan fingerprint density at radius 2 is 1.94 bits per heavy atom. The quantitative estimate of drug-likeness (QED) is 0.240. The molecule has 0 unspecified atom stereocenters. The average molecular weight is 541 g/mol. The molecule has 0 atom stereocenters. The summed E-state index contributed by atoms with van der Waals surface area (Å²) in [7, 11) is 1.98. The van der Waals surface area contributed by atoms with Gasteiger partial charge in [0.05, 0.1) is 0 Å². The Morgan fingerprint density at radius 3 is 2.58 bits per heavy atom. The van der Waals surface area contributed by atoms with Crippen LogP contribution in [0.4, 0.5) is 5.69 Å². The molecule has 1 fully saturated rings. The maximum absolute atomic E-state index is 5.46. The molecular weight excluding hydrogens is 505 g/mol. The highest BCUT2D eigenvalue weighted by Crippen LogP contribution is 2.18. The lowest BCUT2D eigenvalue weighted by Crippen LogP contribution is -2.52. The number of hydrogen-bond donors (Lipinski definition) is 1. The van der Waals surface area contributed by atoms with Crippen LogP contribution in [0.1, 0.15) is 30.6 Å². The van der Waals surface area contributed by atoms with E-state index in [1.807, 2.05) is 25.5 Å². The summed E-state index contributed by atoms with van der Waals surface area (Å²) in [5.74, 6) is 2.72. The van der Waals surface area contributed by atoms with Gasteiger partial charge in [0.25, 0.3) is 0 Å². The molecule has 1 aliphatic rings. The van der Waals surface area contributed by atoms with Crippen LogP contribution in [0.2, 0.25) is 0 Å². The number of aromatic nitrogens is 3. The zero-order valence-corrected chi connectivity index (χ0v) is 21.5. The fourth-order valence-corrected chi connectivity index (χ4v) is 3.52. The molecule has 8 nitrogen and oxygen atoms in total. The maximum atomic E-state index is 5.46. The molecule has 0 spiro atoms. The lowest BCUT2D eigenvalue weighted by Gasteiger charge is -2.38. The number of piperazine rings is 1. The van der Waals surface area contributed by atoms with E-state index in [1.165, 1.54) is 11.3 Å². The van der Waals surface area contributed by atoms with E-state index in [1.54, 1.807) is 0 Å². The number of benzene rings is 1. The summed E-state index contributed by atoms with van der Waals surface area (Å²) >= 11 is 0. The Labute approximate surface area is 203 Å². The van der Waals surface area contributed by atoms with Crippen molar-refractivity contribution in [2.24, 2.45) is 12.0 Å². The molecule has 1 aromatic heterocycles. The molecule has 1 aromatic carbocycles. The van der Waals surface area contributed by atoms with Crippen molar-refractivity contribution in [3.8, 4) is 0 Å². The number of ether oxygens (including phenoxy) is 1. The number of hydrogen-bond acceptors (Lipinski definition) is 5. The first-order chi connectivity index (χ1) is 14.6. The van der Waals surface area contributed by atoms with Gasteiger partial charge in [0.1, 0.15) is 12.4 Å². The van der Waals surface area contributed by atoms with Crippen LogP contribution in [0, 0.1) is 13.8 Å². The summed E-state index contributed by atoms with van der Waals surface area (Å²) in [4.78, 5) is 9.66. The molecule has 1 N–H and O–H groups in total. The highest BCUT2D eigenvalue weighted by Gasteiger charge is 2.20. The fraction of sp³-hybridized carbons (Fsp3) is 0.591. The molecule has 0 radical (unpaired) electrons. The highest BCUT2D eigenvalue weighted by molar-refractivity contribution is 14.0. The number of anilines is 1. The second kappa shape index (κ2) is 12.8. The average Bonchev–Trinajstić information content (AvgIpc) is 3.08. The van der Waals surface area contributed by atoms with Crippen molar-refractivity contribution in [3.05, 3.63) is 41.5 Å². The number of rotatable bonds is 8. The SMILES string of the molecule is CCOCCCNC(=NCc1nnc(C)n1C)N1CCN(c2cccc(C)c2)CC1.I. The van der Waals surface area contributed by atoms with Crippen molar-refractivity contribution < 1.29 is 4.74 Å². The van der Waals surface area contributed by atoms with Gasteiger partial charge in [0.15, 0.2) is 11.8 Å². The first kappa shape index (κ1) is 25.4. The minimum Gasteiger partial charge on any atom is -0.382 e. The third-order valence-corrected chi connectivity index (χ3v) is 5.45. The summed E-state index contributed by atoms with van der Waals surface area (Å²) in [6.45, 7) is 12.8. The van der Waals surface area contributed by atoms with E-state index in [4.69, 9.17) is 9.73 Å². The van der Waals surface area contributed by atoms with Crippen molar-refractivity contribution in [2.75, 3.05) is 50.8 Å². The number of guanidine groups is 1. The molecule has 3 rings (SSSR count). The zero-order chi connectivity index (χ0) is 21.3. The topological polar surface area (TPSA) is 70.8 Å². The van der Waals surface area contributed by atoms with E-state index in [0.717, 1.165) is 70.0 Å². The number of halogens is 1. The molecule has 0 bridgehead atoms. The predicted molar refractivity (Wildman–Crippen MR) is 136 cm³/mol. The summed E-state index contributed by atoms with van der Waals surface area (Å²) in [5, 5.41) is 11.9. The smallest absolute Gasteiger partial charge is 0.194 e. The zero-order valence-electron chi connectivity index (χ0n) is 19.2. The van der Waals surface area contributed by atoms with Gasteiger partial charge in [-0.2, -0.15) is 0 Å². The van der Waals surface area contributed by atoms with Crippen LogP contribution < -0.4 is 10.2 Å². The molecule has 172 valence electrons. The van der Waals surface area contributed by atoms with Crippen LogP contribution in [0.25, 0.3) is 0 Å². The molecule has 31 heavy (non-hydrogen) atoms. The van der Waals surface area contributed by atoms with E-state index in [0.29, 0.717) is 6.54 Å². The summed E-state index contributed by atoms with van der Waals surface area (Å²) < 4.78 is 7.45. The van der Waals surface area contributed by atoms with E-state index >= 15 is 0 Å². The molecule has 1 saturated heterocycles. The monoisotopic (exact) mass is 541 g/mol. The van der Waals surface area contributed by atoms with Crippen LogP contribution in [-0.2, 0) is 18.3 Å². The van der Waals surface area contributed by atoms with E-state index in [9.17, 15) is 0 Å². The van der Waals surface area contributed by atoms with Gasteiger partial charge in [-0.25, -0.2) is 4.99 Å². The van der Waals surface area contributed by atoms with Crippen LogP contribution >= 0.6 is 24.0 Å². The highest BCUT2D eigenvalue weighted by atomic mass is 127. The summed E-state index contributed by atoms with van der Waals surface area (Å²) in [6.07, 6.45) is 0.958. The van der Waals surface area contributed by atoms with E-state index in [-0.39, 0.29) is 24.0 Å². The van der Waals surface area contributed by atoms with E-state index in [2.05, 4.69) is 56.5 Å². The third-order valence-electron chi connectivity index (χ3n) is 5.45. The van der Waals surface area contributed by atoms with Gasteiger partial charge in [-0.1, -0.05) is 12.1 Å². The van der Waals surface area contributed by atoms with Crippen molar-refractivity contribution in [1.82, 2.24) is 25.0 Å². The van der Waals surface area contributed by atoms with Gasteiger partial charge in [0.2, 0.25) is 0 Å². The van der Waals surface area contributed by atoms with Crippen LogP contribution in [0.3, 0.4) is 0 Å². The first-order valence-corrected chi connectivity index (χ1v) is 10.9. The fourth-order valence-electron chi connectivity index (χ4n) is 3.52. The maximum Gasteiger partial charge on any atom is 0.194 e. The Balaban J connectivity index is 0.00000341. The normalized spacial score (nSPS) is 14.5. The molecule has 2 heterocycles. The Hall–Kier alpha value is -1.88. The first-order valence-electron chi connectivity index (χ1n) is 10.9. The molecular formula is C22H36IN7O. The number of nitrogens with zero attached hydrogens (tertiary/aromatic N) is 6. The standard InChI is InChI=1S/C22H35N7O.HI/c1-5-30-15-7-10-23-22(24-17-21-26-25-19(3)27(21)4)29-13-11-28(12-14-29)20-9-6-8-18(2)16-20;/h6,8-9,16H,5,7,10-15,17H2,1-4H3,(H,23,24);1H. The van der Waals surface area contributed by atoms with Crippen LogP contribution in [-0.4, -0.2) is 71.6 Å². The predicted octanol–water partition coefficient (Wildman–Crippen LogP) is 2.74. The largest absolute Gasteiger partial charge is 0.382 e. The Kier molecular flexibility index (Phi) is 10.5. The van der Waals surface area contributed by atoms with Crippen LogP contribution in [0.5, 0.6) is 0 Å². The van der Waals surface area contributed by atoms with Crippen molar-refractivity contribution in [2.45, 2.75) is 33.7 Å². The van der Waals surface area contributed by atoms with Gasteiger partial charge in [-0.15, -0.1) is 34.2 Å². The summed E-state index contributed by atoms with van der Waals surface area (Å²) in [5.41, 5.74) is 2.60. The lowest BCUT2D eigenvalue weighted by molar-refractivity contribution is 0.145. The molecule has 0 aliphatic carbocycles. The molecule has 1 aliphatic heterocycles.